The summed E-state index contributed by atoms with van der Waals surface area (Å²) < 4.78 is 5.33. The first kappa shape index (κ1) is 29.0. The maximum absolute atomic E-state index is 12.7. The Morgan fingerprint density at radius 2 is 1.72 bits per heavy atom. The molecule has 1 atom stereocenters. The maximum atomic E-state index is 12.7. The number of nitrogens with one attached hydrogen (secondary N) is 2. The summed E-state index contributed by atoms with van der Waals surface area (Å²) in [6.45, 7) is 8.17. The van der Waals surface area contributed by atoms with Gasteiger partial charge in [0, 0.05) is 45.1 Å². The van der Waals surface area contributed by atoms with E-state index in [1.807, 2.05) is 25.7 Å². The van der Waals surface area contributed by atoms with E-state index >= 15 is 0 Å². The lowest BCUT2D eigenvalue weighted by atomic mass is 9.88. The van der Waals surface area contributed by atoms with Crippen LogP contribution in [0.2, 0.25) is 0 Å². The standard InChI is InChI=1S/C24H44N4O3.HI/c1-24(2,3)31-21(29)14-10-5-6-11-16-26-23(25-4)27-20-15-17-28(18-20)22(30)19-12-8-7-9-13-19;/h19-20H,5-18H2,1-4H3,(H2,25,26,27);1H. The molecule has 8 heteroatoms. The predicted octanol–water partition coefficient (Wildman–Crippen LogP) is 4.24. The first-order chi connectivity index (χ1) is 14.8. The van der Waals surface area contributed by atoms with Gasteiger partial charge >= 0.3 is 5.97 Å². The van der Waals surface area contributed by atoms with Gasteiger partial charge in [-0.05, 0) is 52.9 Å². The van der Waals surface area contributed by atoms with E-state index in [2.05, 4.69) is 15.6 Å². The van der Waals surface area contributed by atoms with Gasteiger partial charge in [-0.1, -0.05) is 32.1 Å². The van der Waals surface area contributed by atoms with Gasteiger partial charge in [0.2, 0.25) is 5.91 Å². The van der Waals surface area contributed by atoms with Crippen molar-refractivity contribution in [1.29, 1.82) is 0 Å². The molecule has 1 aliphatic carbocycles. The van der Waals surface area contributed by atoms with E-state index in [1.54, 1.807) is 7.05 Å². The number of ether oxygens (including phenoxy) is 1. The lowest BCUT2D eigenvalue weighted by Gasteiger charge is -2.26. The molecule has 2 N–H and O–H groups in total. The van der Waals surface area contributed by atoms with Crippen LogP contribution in [-0.2, 0) is 14.3 Å². The number of esters is 1. The van der Waals surface area contributed by atoms with Crippen LogP contribution in [0.3, 0.4) is 0 Å². The molecule has 1 amide bonds. The van der Waals surface area contributed by atoms with E-state index in [0.717, 1.165) is 70.5 Å². The quantitative estimate of drug-likeness (QED) is 0.144. The molecule has 32 heavy (non-hydrogen) atoms. The van der Waals surface area contributed by atoms with E-state index in [4.69, 9.17) is 4.74 Å². The topological polar surface area (TPSA) is 83.0 Å². The van der Waals surface area contributed by atoms with Gasteiger partial charge in [-0.25, -0.2) is 0 Å². The lowest BCUT2D eigenvalue weighted by Crippen LogP contribution is -2.45. The molecule has 1 aliphatic heterocycles. The molecule has 0 aromatic heterocycles. The third-order valence-electron chi connectivity index (χ3n) is 6.04. The van der Waals surface area contributed by atoms with E-state index in [0.29, 0.717) is 12.3 Å². The molecular formula is C24H45IN4O3. The van der Waals surface area contributed by atoms with Crippen LogP contribution in [0.4, 0.5) is 0 Å². The van der Waals surface area contributed by atoms with Crippen LogP contribution in [0.5, 0.6) is 0 Å². The molecular weight excluding hydrogens is 519 g/mol. The average Bonchev–Trinajstić information content (AvgIpc) is 3.19. The molecule has 0 spiro atoms. The molecule has 0 bridgehead atoms. The SMILES string of the molecule is CN=C(NCCCCCCC(=O)OC(C)(C)C)NC1CCN(C(=O)C2CCCCC2)C1.I. The summed E-state index contributed by atoms with van der Waals surface area (Å²) in [4.78, 5) is 30.8. The van der Waals surface area contributed by atoms with Crippen molar-refractivity contribution >= 4 is 41.8 Å². The van der Waals surface area contributed by atoms with Crippen molar-refractivity contribution in [2.24, 2.45) is 10.9 Å². The number of carbonyl (C=O) groups is 2. The van der Waals surface area contributed by atoms with Crippen molar-refractivity contribution in [2.75, 3.05) is 26.7 Å². The van der Waals surface area contributed by atoms with Gasteiger partial charge in [-0.3, -0.25) is 14.6 Å². The fourth-order valence-corrected chi connectivity index (χ4v) is 4.42. The van der Waals surface area contributed by atoms with Gasteiger partial charge in [0.1, 0.15) is 5.60 Å². The number of unbranched alkanes of at least 4 members (excludes halogenated alkanes) is 3. The van der Waals surface area contributed by atoms with Crippen molar-refractivity contribution in [2.45, 2.75) is 103 Å². The summed E-state index contributed by atoms with van der Waals surface area (Å²) in [6, 6.07) is 0.271. The minimum atomic E-state index is -0.399. The molecule has 2 aliphatic rings. The number of hydrogen-bond donors (Lipinski definition) is 2. The summed E-state index contributed by atoms with van der Waals surface area (Å²) >= 11 is 0. The molecule has 186 valence electrons. The first-order valence-corrected chi connectivity index (χ1v) is 12.3. The number of carbonyl (C=O) groups excluding carboxylic acids is 2. The Balaban J connectivity index is 0.00000512. The highest BCUT2D eigenvalue weighted by molar-refractivity contribution is 14.0. The second kappa shape index (κ2) is 15.0. The Morgan fingerprint density at radius 3 is 2.38 bits per heavy atom. The number of halogens is 1. The van der Waals surface area contributed by atoms with Crippen LogP contribution in [0.15, 0.2) is 4.99 Å². The van der Waals surface area contributed by atoms with Crippen LogP contribution in [-0.4, -0.2) is 61.1 Å². The zero-order chi connectivity index (χ0) is 22.7. The average molecular weight is 565 g/mol. The van der Waals surface area contributed by atoms with E-state index in [9.17, 15) is 9.59 Å². The molecule has 0 aromatic rings. The molecule has 0 radical (unpaired) electrons. The zero-order valence-electron chi connectivity index (χ0n) is 20.6. The normalized spacial score (nSPS) is 19.9. The van der Waals surface area contributed by atoms with Crippen molar-refractivity contribution in [3.63, 3.8) is 0 Å². The van der Waals surface area contributed by atoms with Crippen LogP contribution in [0, 0.1) is 5.92 Å². The number of nitrogens with zero attached hydrogens (tertiary/aromatic N) is 2. The Bertz CT molecular complexity index is 601. The number of likely N-dealkylation sites (tertiary alicyclic amines) is 1. The summed E-state index contributed by atoms with van der Waals surface area (Å²) in [5.74, 6) is 1.31. The molecule has 1 saturated carbocycles. The van der Waals surface area contributed by atoms with Crippen LogP contribution >= 0.6 is 24.0 Å². The number of aliphatic imine (C=N–C) groups is 1. The molecule has 1 heterocycles. The minimum Gasteiger partial charge on any atom is -0.460 e. The molecule has 1 saturated heterocycles. The van der Waals surface area contributed by atoms with Crippen LogP contribution < -0.4 is 10.6 Å². The third-order valence-corrected chi connectivity index (χ3v) is 6.04. The second-order valence-electron chi connectivity index (χ2n) is 10.00. The third kappa shape index (κ3) is 11.2. The number of amides is 1. The molecule has 2 rings (SSSR count). The lowest BCUT2D eigenvalue weighted by molar-refractivity contribution is -0.154. The molecule has 7 nitrogen and oxygen atoms in total. The van der Waals surface area contributed by atoms with E-state index in [1.165, 1.54) is 19.3 Å². The number of hydrogen-bond acceptors (Lipinski definition) is 4. The fraction of sp³-hybridized carbons (Fsp3) is 0.875. The zero-order valence-corrected chi connectivity index (χ0v) is 22.9. The van der Waals surface area contributed by atoms with Crippen molar-refractivity contribution in [3.8, 4) is 0 Å². The first-order valence-electron chi connectivity index (χ1n) is 12.3. The number of guanidine groups is 1. The highest BCUT2D eigenvalue weighted by Gasteiger charge is 2.31. The Hall–Kier alpha value is -1.06. The summed E-state index contributed by atoms with van der Waals surface area (Å²) in [6.07, 6.45) is 11.3. The minimum absolute atomic E-state index is 0. The van der Waals surface area contributed by atoms with E-state index in [-0.39, 0.29) is 41.9 Å². The molecule has 0 aromatic carbocycles. The van der Waals surface area contributed by atoms with Gasteiger partial charge < -0.3 is 20.3 Å². The highest BCUT2D eigenvalue weighted by Crippen LogP contribution is 2.26. The Morgan fingerprint density at radius 1 is 1.03 bits per heavy atom. The summed E-state index contributed by atoms with van der Waals surface area (Å²) in [7, 11) is 1.79. The van der Waals surface area contributed by atoms with Gasteiger partial charge in [-0.15, -0.1) is 24.0 Å². The van der Waals surface area contributed by atoms with Crippen LogP contribution in [0.1, 0.15) is 91.4 Å². The van der Waals surface area contributed by atoms with Crippen molar-refractivity contribution in [1.82, 2.24) is 15.5 Å². The van der Waals surface area contributed by atoms with Crippen molar-refractivity contribution in [3.05, 3.63) is 0 Å². The number of rotatable bonds is 9. The van der Waals surface area contributed by atoms with Gasteiger partial charge in [0.25, 0.3) is 0 Å². The van der Waals surface area contributed by atoms with Gasteiger partial charge in [0.15, 0.2) is 5.96 Å². The van der Waals surface area contributed by atoms with E-state index < -0.39 is 5.60 Å². The van der Waals surface area contributed by atoms with Gasteiger partial charge in [-0.2, -0.15) is 0 Å². The highest BCUT2D eigenvalue weighted by atomic mass is 127. The smallest absolute Gasteiger partial charge is 0.306 e. The molecule has 2 fully saturated rings. The van der Waals surface area contributed by atoms with Crippen LogP contribution in [0.25, 0.3) is 0 Å². The predicted molar refractivity (Wildman–Crippen MR) is 140 cm³/mol. The largest absolute Gasteiger partial charge is 0.460 e. The van der Waals surface area contributed by atoms with Gasteiger partial charge in [0.05, 0.1) is 0 Å². The monoisotopic (exact) mass is 564 g/mol. The summed E-state index contributed by atoms with van der Waals surface area (Å²) in [5.41, 5.74) is -0.399. The maximum Gasteiger partial charge on any atom is 0.306 e. The summed E-state index contributed by atoms with van der Waals surface area (Å²) in [5, 5.41) is 6.85. The Kier molecular flexibility index (Phi) is 13.5. The molecule has 1 unspecified atom stereocenters. The second-order valence-corrected chi connectivity index (χ2v) is 10.00. The van der Waals surface area contributed by atoms with Crippen molar-refractivity contribution < 1.29 is 14.3 Å². The Labute approximate surface area is 211 Å². The fourth-order valence-electron chi connectivity index (χ4n) is 4.42.